The van der Waals surface area contributed by atoms with E-state index in [0.29, 0.717) is 37.3 Å². The van der Waals surface area contributed by atoms with Gasteiger partial charge in [0.1, 0.15) is 12.3 Å². The lowest BCUT2D eigenvalue weighted by Gasteiger charge is -2.30. The van der Waals surface area contributed by atoms with Crippen molar-refractivity contribution in [3.8, 4) is 0 Å². The van der Waals surface area contributed by atoms with Crippen molar-refractivity contribution in [3.05, 3.63) is 68.4 Å². The summed E-state index contributed by atoms with van der Waals surface area (Å²) in [6, 6.07) is 8.71. The van der Waals surface area contributed by atoms with Gasteiger partial charge in [0.25, 0.3) is 11.5 Å². The van der Waals surface area contributed by atoms with E-state index >= 15 is 0 Å². The SMILES string of the molecule is Cc1ccn2c(=O)cc(COC(=O)C3CCN(C(=O)c4cccs4)CC3)nc2c1. The highest BCUT2D eigenvalue weighted by Crippen LogP contribution is 2.22. The Balaban J connectivity index is 1.34. The first-order valence-corrected chi connectivity index (χ1v) is 10.4. The number of rotatable bonds is 4. The Labute approximate surface area is 171 Å². The molecule has 8 heteroatoms. The predicted molar refractivity (Wildman–Crippen MR) is 109 cm³/mol. The maximum Gasteiger partial charge on any atom is 0.309 e. The van der Waals surface area contributed by atoms with Crippen LogP contribution in [0.5, 0.6) is 0 Å². The largest absolute Gasteiger partial charge is 0.459 e. The zero-order valence-electron chi connectivity index (χ0n) is 16.0. The van der Waals surface area contributed by atoms with Crippen LogP contribution in [-0.4, -0.2) is 39.3 Å². The minimum atomic E-state index is -0.306. The molecule has 0 atom stereocenters. The number of amides is 1. The Morgan fingerprint density at radius 1 is 1.24 bits per heavy atom. The number of fused-ring (bicyclic) bond motifs is 1. The van der Waals surface area contributed by atoms with Crippen LogP contribution >= 0.6 is 11.3 Å². The number of aromatic nitrogens is 2. The van der Waals surface area contributed by atoms with Gasteiger partial charge in [0.15, 0.2) is 0 Å². The number of thiophene rings is 1. The molecule has 0 aromatic carbocycles. The molecule has 3 aromatic heterocycles. The molecule has 0 bridgehead atoms. The lowest BCUT2D eigenvalue weighted by Crippen LogP contribution is -2.40. The van der Waals surface area contributed by atoms with Crippen LogP contribution < -0.4 is 5.56 Å². The molecule has 1 saturated heterocycles. The molecule has 1 fully saturated rings. The standard InChI is InChI=1S/C21H21N3O4S/c1-14-4-9-24-18(11-14)22-16(12-19(24)25)13-28-21(27)15-5-7-23(8-6-15)20(26)17-3-2-10-29-17/h2-4,9-12,15H,5-8,13H2,1H3. The lowest BCUT2D eigenvalue weighted by atomic mass is 9.97. The maximum atomic E-state index is 12.4. The maximum absolute atomic E-state index is 12.4. The quantitative estimate of drug-likeness (QED) is 0.617. The third kappa shape index (κ3) is 4.22. The van der Waals surface area contributed by atoms with Gasteiger partial charge >= 0.3 is 5.97 Å². The van der Waals surface area contributed by atoms with E-state index in [0.717, 1.165) is 10.4 Å². The summed E-state index contributed by atoms with van der Waals surface area (Å²) in [5.74, 6) is -0.534. The third-order valence-electron chi connectivity index (χ3n) is 5.09. The van der Waals surface area contributed by atoms with Crippen LogP contribution in [0.2, 0.25) is 0 Å². The van der Waals surface area contributed by atoms with Gasteiger partial charge in [-0.25, -0.2) is 4.98 Å². The molecule has 0 radical (unpaired) electrons. The van der Waals surface area contributed by atoms with Gasteiger partial charge in [-0.15, -0.1) is 11.3 Å². The number of likely N-dealkylation sites (tertiary alicyclic amines) is 1. The molecule has 0 aliphatic carbocycles. The van der Waals surface area contributed by atoms with Crippen LogP contribution in [0.15, 0.2) is 46.7 Å². The minimum Gasteiger partial charge on any atom is -0.459 e. The fourth-order valence-electron chi connectivity index (χ4n) is 3.46. The van der Waals surface area contributed by atoms with E-state index in [9.17, 15) is 14.4 Å². The summed E-state index contributed by atoms with van der Waals surface area (Å²) < 4.78 is 6.88. The van der Waals surface area contributed by atoms with E-state index < -0.39 is 0 Å². The number of aryl methyl sites for hydroxylation is 1. The van der Waals surface area contributed by atoms with Gasteiger partial charge in [0, 0.05) is 25.4 Å². The molecule has 7 nitrogen and oxygen atoms in total. The van der Waals surface area contributed by atoms with E-state index in [1.54, 1.807) is 11.1 Å². The Kier molecular flexibility index (Phi) is 5.44. The van der Waals surface area contributed by atoms with Crippen LogP contribution in [0.3, 0.4) is 0 Å². The second-order valence-electron chi connectivity index (χ2n) is 7.17. The van der Waals surface area contributed by atoms with Gasteiger partial charge in [0.05, 0.1) is 16.5 Å². The Bertz CT molecular complexity index is 1100. The van der Waals surface area contributed by atoms with Gasteiger partial charge in [-0.3, -0.25) is 18.8 Å². The van der Waals surface area contributed by atoms with Crippen molar-refractivity contribution in [1.29, 1.82) is 0 Å². The summed E-state index contributed by atoms with van der Waals surface area (Å²) in [5, 5.41) is 1.88. The summed E-state index contributed by atoms with van der Waals surface area (Å²) in [6.07, 6.45) is 2.83. The summed E-state index contributed by atoms with van der Waals surface area (Å²) in [5.41, 5.74) is 1.75. The summed E-state index contributed by atoms with van der Waals surface area (Å²) in [4.78, 5) is 43.9. The summed E-state index contributed by atoms with van der Waals surface area (Å²) >= 11 is 1.42. The fraction of sp³-hybridized carbons (Fsp3) is 0.333. The van der Waals surface area contributed by atoms with Crippen LogP contribution in [0.1, 0.15) is 33.8 Å². The van der Waals surface area contributed by atoms with Crippen LogP contribution in [0, 0.1) is 12.8 Å². The molecule has 4 rings (SSSR count). The molecule has 29 heavy (non-hydrogen) atoms. The molecular weight excluding hydrogens is 390 g/mol. The number of piperidine rings is 1. The third-order valence-corrected chi connectivity index (χ3v) is 5.94. The predicted octanol–water partition coefficient (Wildman–Crippen LogP) is 2.66. The smallest absolute Gasteiger partial charge is 0.309 e. The van der Waals surface area contributed by atoms with Crippen molar-refractivity contribution < 1.29 is 14.3 Å². The Morgan fingerprint density at radius 3 is 2.76 bits per heavy atom. The first-order valence-electron chi connectivity index (χ1n) is 9.49. The van der Waals surface area contributed by atoms with Crippen molar-refractivity contribution in [2.24, 2.45) is 5.92 Å². The second kappa shape index (κ2) is 8.16. The molecule has 0 unspecified atom stereocenters. The number of ether oxygens (including phenoxy) is 1. The molecule has 3 aromatic rings. The first-order chi connectivity index (χ1) is 14.0. The molecule has 150 valence electrons. The van der Waals surface area contributed by atoms with Gasteiger partial charge in [-0.1, -0.05) is 6.07 Å². The molecular formula is C21H21N3O4S. The number of carbonyl (C=O) groups is 2. The molecule has 1 aliphatic rings. The average molecular weight is 411 g/mol. The van der Waals surface area contributed by atoms with E-state index in [2.05, 4.69) is 4.98 Å². The zero-order chi connectivity index (χ0) is 20.4. The summed E-state index contributed by atoms with van der Waals surface area (Å²) in [7, 11) is 0. The number of hydrogen-bond donors (Lipinski definition) is 0. The number of pyridine rings is 1. The van der Waals surface area contributed by atoms with Gasteiger partial charge < -0.3 is 9.64 Å². The van der Waals surface area contributed by atoms with E-state index in [1.165, 1.54) is 21.8 Å². The Hall–Kier alpha value is -3.00. The van der Waals surface area contributed by atoms with E-state index in [-0.39, 0.29) is 30.0 Å². The first kappa shape index (κ1) is 19.3. The molecule has 4 heterocycles. The van der Waals surface area contributed by atoms with Crippen LogP contribution in [0.25, 0.3) is 5.65 Å². The minimum absolute atomic E-state index is 0.0166. The van der Waals surface area contributed by atoms with Crippen LogP contribution in [-0.2, 0) is 16.1 Å². The lowest BCUT2D eigenvalue weighted by molar-refractivity contribution is -0.151. The summed E-state index contributed by atoms with van der Waals surface area (Å²) in [6.45, 7) is 2.96. The van der Waals surface area contributed by atoms with Crippen molar-refractivity contribution in [3.63, 3.8) is 0 Å². The molecule has 0 saturated carbocycles. The molecule has 1 aliphatic heterocycles. The van der Waals surface area contributed by atoms with E-state index in [1.807, 2.05) is 36.6 Å². The number of hydrogen-bond acceptors (Lipinski definition) is 6. The number of nitrogens with zero attached hydrogens (tertiary/aromatic N) is 3. The van der Waals surface area contributed by atoms with Gasteiger partial charge in [-0.2, -0.15) is 0 Å². The van der Waals surface area contributed by atoms with E-state index in [4.69, 9.17) is 4.74 Å². The highest BCUT2D eigenvalue weighted by molar-refractivity contribution is 7.12. The molecule has 0 spiro atoms. The van der Waals surface area contributed by atoms with Crippen LogP contribution in [0.4, 0.5) is 0 Å². The fourth-order valence-corrected chi connectivity index (χ4v) is 4.16. The van der Waals surface area contributed by atoms with Crippen molar-refractivity contribution in [1.82, 2.24) is 14.3 Å². The zero-order valence-corrected chi connectivity index (χ0v) is 16.9. The molecule has 1 amide bonds. The topological polar surface area (TPSA) is 81.0 Å². The number of esters is 1. The second-order valence-corrected chi connectivity index (χ2v) is 8.12. The normalized spacial score (nSPS) is 14.9. The Morgan fingerprint density at radius 2 is 2.03 bits per heavy atom. The highest BCUT2D eigenvalue weighted by Gasteiger charge is 2.29. The van der Waals surface area contributed by atoms with Gasteiger partial charge in [-0.05, 0) is 48.9 Å². The number of carbonyl (C=O) groups excluding carboxylic acids is 2. The van der Waals surface area contributed by atoms with Crippen molar-refractivity contribution >= 4 is 28.9 Å². The average Bonchev–Trinajstić information content (AvgIpc) is 3.26. The van der Waals surface area contributed by atoms with Gasteiger partial charge in [0.2, 0.25) is 0 Å². The molecule has 0 N–H and O–H groups in total. The van der Waals surface area contributed by atoms with Crippen molar-refractivity contribution in [2.75, 3.05) is 13.1 Å². The van der Waals surface area contributed by atoms with Crippen molar-refractivity contribution in [2.45, 2.75) is 26.4 Å². The monoisotopic (exact) mass is 411 g/mol. The highest BCUT2D eigenvalue weighted by atomic mass is 32.1.